The van der Waals surface area contributed by atoms with Crippen molar-refractivity contribution in [3.8, 4) is 6.07 Å². The molecule has 0 unspecified atom stereocenters. The maximum atomic E-state index is 11.6. The molecular formula is C11H16N2O4. The topological polar surface area (TPSA) is 90.6 Å². The van der Waals surface area contributed by atoms with Gasteiger partial charge in [-0.05, 0) is 20.8 Å². The zero-order valence-electron chi connectivity index (χ0n) is 10.2. The number of hydrogen-bond donors (Lipinski definition) is 1. The van der Waals surface area contributed by atoms with Gasteiger partial charge in [0.2, 0.25) is 0 Å². The fraction of sp³-hybridized carbons (Fsp3) is 0.727. The van der Waals surface area contributed by atoms with Gasteiger partial charge in [0.1, 0.15) is 11.0 Å². The second-order valence-corrected chi connectivity index (χ2v) is 5.26. The lowest BCUT2D eigenvalue weighted by Gasteiger charge is -2.45. The third-order valence-corrected chi connectivity index (χ3v) is 2.51. The SMILES string of the molecule is CC(C)(C)OC(=O)N1CC(CC#N)(C(=O)O)C1. The van der Waals surface area contributed by atoms with Gasteiger partial charge in [0.05, 0.1) is 12.5 Å². The number of carboxylic acid groups (broad SMARTS) is 1. The molecule has 1 aliphatic heterocycles. The van der Waals surface area contributed by atoms with Gasteiger partial charge in [-0.2, -0.15) is 5.26 Å². The predicted octanol–water partition coefficient (Wildman–Crippen LogP) is 1.22. The molecule has 0 radical (unpaired) electrons. The number of hydrogen-bond acceptors (Lipinski definition) is 4. The van der Waals surface area contributed by atoms with Crippen LogP contribution in [0.15, 0.2) is 0 Å². The van der Waals surface area contributed by atoms with Crippen LogP contribution in [0.2, 0.25) is 0 Å². The van der Waals surface area contributed by atoms with Crippen molar-refractivity contribution in [2.75, 3.05) is 13.1 Å². The molecule has 1 fully saturated rings. The number of amides is 1. The molecule has 0 aromatic heterocycles. The second-order valence-electron chi connectivity index (χ2n) is 5.26. The number of likely N-dealkylation sites (tertiary alicyclic amines) is 1. The highest BCUT2D eigenvalue weighted by atomic mass is 16.6. The first-order valence-electron chi connectivity index (χ1n) is 5.28. The van der Waals surface area contributed by atoms with Gasteiger partial charge >= 0.3 is 12.1 Å². The van der Waals surface area contributed by atoms with Crippen LogP contribution >= 0.6 is 0 Å². The largest absolute Gasteiger partial charge is 0.481 e. The highest BCUT2D eigenvalue weighted by Crippen LogP contribution is 2.34. The van der Waals surface area contributed by atoms with Gasteiger partial charge in [0.15, 0.2) is 0 Å². The summed E-state index contributed by atoms with van der Waals surface area (Å²) in [5, 5.41) is 17.6. The van der Waals surface area contributed by atoms with Crippen LogP contribution in [0.25, 0.3) is 0 Å². The molecule has 17 heavy (non-hydrogen) atoms. The molecule has 6 nitrogen and oxygen atoms in total. The van der Waals surface area contributed by atoms with Crippen LogP contribution in [0, 0.1) is 16.7 Å². The molecule has 0 atom stereocenters. The Morgan fingerprint density at radius 1 is 1.47 bits per heavy atom. The molecule has 1 heterocycles. The Labute approximate surface area is 99.8 Å². The van der Waals surface area contributed by atoms with Gasteiger partial charge < -0.3 is 14.7 Å². The first-order valence-corrected chi connectivity index (χ1v) is 5.28. The Morgan fingerprint density at radius 2 is 2.00 bits per heavy atom. The van der Waals surface area contributed by atoms with Gasteiger partial charge in [0.25, 0.3) is 0 Å². The Morgan fingerprint density at radius 3 is 2.35 bits per heavy atom. The summed E-state index contributed by atoms with van der Waals surface area (Å²) < 4.78 is 5.10. The van der Waals surface area contributed by atoms with E-state index >= 15 is 0 Å². The fourth-order valence-corrected chi connectivity index (χ4v) is 1.61. The molecule has 0 aromatic rings. The summed E-state index contributed by atoms with van der Waals surface area (Å²) >= 11 is 0. The van der Waals surface area contributed by atoms with E-state index in [0.29, 0.717) is 0 Å². The Bertz CT molecular complexity index is 372. The van der Waals surface area contributed by atoms with Gasteiger partial charge in [0, 0.05) is 13.1 Å². The van der Waals surface area contributed by atoms with Gasteiger partial charge in [-0.1, -0.05) is 0 Å². The fourth-order valence-electron chi connectivity index (χ4n) is 1.61. The molecule has 1 aliphatic rings. The molecule has 1 amide bonds. The van der Waals surface area contributed by atoms with Crippen molar-refractivity contribution in [1.29, 1.82) is 5.26 Å². The van der Waals surface area contributed by atoms with Crippen LogP contribution < -0.4 is 0 Å². The van der Waals surface area contributed by atoms with E-state index < -0.39 is 23.1 Å². The highest BCUT2D eigenvalue weighted by molar-refractivity contribution is 5.81. The minimum atomic E-state index is -1.12. The summed E-state index contributed by atoms with van der Waals surface area (Å²) in [5.74, 6) is -1.04. The minimum Gasteiger partial charge on any atom is -0.481 e. The molecular weight excluding hydrogens is 224 g/mol. The first-order chi connectivity index (χ1) is 7.70. The molecule has 1 saturated heterocycles. The Hall–Kier alpha value is -1.77. The van der Waals surface area contributed by atoms with Gasteiger partial charge in [-0.25, -0.2) is 4.79 Å². The molecule has 6 heteroatoms. The zero-order chi connectivity index (χ0) is 13.3. The van der Waals surface area contributed by atoms with E-state index in [-0.39, 0.29) is 19.5 Å². The van der Waals surface area contributed by atoms with Crippen LogP contribution in [-0.4, -0.2) is 40.8 Å². The van der Waals surface area contributed by atoms with Crippen LogP contribution in [0.5, 0.6) is 0 Å². The molecule has 94 valence electrons. The standard InChI is InChI=1S/C11H16N2O4/c1-10(2,3)17-9(16)13-6-11(7-13,4-5-12)8(14)15/h4,6-7H2,1-3H3,(H,14,15). The third-order valence-electron chi connectivity index (χ3n) is 2.51. The lowest BCUT2D eigenvalue weighted by molar-refractivity contribution is -0.158. The Balaban J connectivity index is 2.58. The van der Waals surface area contributed by atoms with E-state index in [0.717, 1.165) is 0 Å². The number of carbonyl (C=O) groups is 2. The van der Waals surface area contributed by atoms with Crippen LogP contribution in [-0.2, 0) is 9.53 Å². The summed E-state index contributed by atoms with van der Waals surface area (Å²) in [7, 11) is 0. The Kier molecular flexibility index (Phi) is 3.32. The van der Waals surface area contributed by atoms with Crippen molar-refractivity contribution in [1.82, 2.24) is 4.90 Å². The predicted molar refractivity (Wildman–Crippen MR) is 58.1 cm³/mol. The number of ether oxygens (including phenoxy) is 1. The van der Waals surface area contributed by atoms with Crippen molar-refractivity contribution >= 4 is 12.1 Å². The molecule has 1 rings (SSSR count). The number of aliphatic carboxylic acids is 1. The summed E-state index contributed by atoms with van der Waals surface area (Å²) in [4.78, 5) is 23.9. The van der Waals surface area contributed by atoms with E-state index in [9.17, 15) is 9.59 Å². The average Bonchev–Trinajstić information content (AvgIpc) is 2.06. The monoisotopic (exact) mass is 240 g/mol. The van der Waals surface area contributed by atoms with Crippen LogP contribution in [0.4, 0.5) is 4.79 Å². The van der Waals surface area contributed by atoms with E-state index in [1.165, 1.54) is 4.90 Å². The molecule has 1 N–H and O–H groups in total. The van der Waals surface area contributed by atoms with Gasteiger partial charge in [-0.3, -0.25) is 4.79 Å². The lowest BCUT2D eigenvalue weighted by atomic mass is 9.77. The number of carbonyl (C=O) groups excluding carboxylic acids is 1. The van der Waals surface area contributed by atoms with E-state index in [1.54, 1.807) is 20.8 Å². The summed E-state index contributed by atoms with van der Waals surface area (Å²) in [6, 6.07) is 1.84. The van der Waals surface area contributed by atoms with Gasteiger partial charge in [-0.15, -0.1) is 0 Å². The summed E-state index contributed by atoms with van der Waals surface area (Å²) in [6.07, 6.45) is -0.630. The molecule has 0 aromatic carbocycles. The molecule has 0 saturated carbocycles. The number of nitriles is 1. The average molecular weight is 240 g/mol. The summed E-state index contributed by atoms with van der Waals surface area (Å²) in [6.45, 7) is 5.29. The van der Waals surface area contributed by atoms with E-state index in [4.69, 9.17) is 15.1 Å². The molecule has 0 spiro atoms. The maximum Gasteiger partial charge on any atom is 0.410 e. The quantitative estimate of drug-likeness (QED) is 0.783. The maximum absolute atomic E-state index is 11.6. The first kappa shape index (κ1) is 13.3. The van der Waals surface area contributed by atoms with Crippen molar-refractivity contribution in [3.63, 3.8) is 0 Å². The van der Waals surface area contributed by atoms with E-state index in [1.807, 2.05) is 6.07 Å². The minimum absolute atomic E-state index is 0.0325. The van der Waals surface area contributed by atoms with Crippen LogP contribution in [0.1, 0.15) is 27.2 Å². The van der Waals surface area contributed by atoms with Crippen molar-refractivity contribution in [3.05, 3.63) is 0 Å². The summed E-state index contributed by atoms with van der Waals surface area (Å²) in [5.41, 5.74) is -1.72. The smallest absolute Gasteiger partial charge is 0.410 e. The normalized spacial score (nSPS) is 17.9. The number of nitrogens with zero attached hydrogens (tertiary/aromatic N) is 2. The van der Waals surface area contributed by atoms with Crippen molar-refractivity contribution in [2.45, 2.75) is 32.8 Å². The number of rotatable bonds is 2. The molecule has 0 aliphatic carbocycles. The lowest BCUT2D eigenvalue weighted by Crippen LogP contribution is -2.62. The van der Waals surface area contributed by atoms with Crippen molar-refractivity contribution < 1.29 is 19.4 Å². The number of carboxylic acids is 1. The van der Waals surface area contributed by atoms with Crippen LogP contribution in [0.3, 0.4) is 0 Å². The second kappa shape index (κ2) is 4.24. The molecule has 0 bridgehead atoms. The van der Waals surface area contributed by atoms with E-state index in [2.05, 4.69) is 0 Å². The van der Waals surface area contributed by atoms with Crippen molar-refractivity contribution in [2.24, 2.45) is 5.41 Å². The zero-order valence-corrected chi connectivity index (χ0v) is 10.2. The highest BCUT2D eigenvalue weighted by Gasteiger charge is 2.52. The third kappa shape index (κ3) is 2.87.